The molecule has 0 aliphatic carbocycles. The molecule has 1 atom stereocenters. The molecule has 3 rings (SSSR count). The van der Waals surface area contributed by atoms with Crippen molar-refractivity contribution in [3.8, 4) is 5.75 Å². The number of methoxy groups -OCH3 is 1. The normalized spacial score (nSPS) is 17.5. The molecule has 0 saturated heterocycles. The van der Waals surface area contributed by atoms with Crippen LogP contribution in [0.5, 0.6) is 5.75 Å². The fourth-order valence-electron chi connectivity index (χ4n) is 3.30. The molecule has 0 fully saturated rings. The van der Waals surface area contributed by atoms with Gasteiger partial charge < -0.3 is 19.3 Å². The number of fused-ring (bicyclic) bond motifs is 1. The summed E-state index contributed by atoms with van der Waals surface area (Å²) in [7, 11) is 3.20. The molecule has 0 saturated carbocycles. The van der Waals surface area contributed by atoms with Crippen LogP contribution in [0.1, 0.15) is 12.5 Å². The SMILES string of the molecule is COc1c([N+](=O)[O-])cnc2c1c(C1=CCN(C(=O)O)CC1C)cn2C. The zero-order valence-corrected chi connectivity index (χ0v) is 14.1. The van der Waals surface area contributed by atoms with Crippen LogP contribution in [0.15, 0.2) is 18.5 Å². The van der Waals surface area contributed by atoms with E-state index in [-0.39, 0.29) is 23.9 Å². The minimum atomic E-state index is -0.963. The van der Waals surface area contributed by atoms with Gasteiger partial charge in [0.2, 0.25) is 5.75 Å². The number of hydrogen-bond donors (Lipinski definition) is 1. The molecular weight excluding hydrogens is 328 g/mol. The summed E-state index contributed by atoms with van der Waals surface area (Å²) in [6, 6.07) is 0. The second kappa shape index (κ2) is 6.08. The highest BCUT2D eigenvalue weighted by atomic mass is 16.6. The molecule has 2 aromatic heterocycles. The highest BCUT2D eigenvalue weighted by Gasteiger charge is 2.29. The Labute approximate surface area is 143 Å². The Morgan fingerprint density at radius 1 is 1.52 bits per heavy atom. The van der Waals surface area contributed by atoms with Gasteiger partial charge in [-0.3, -0.25) is 10.1 Å². The van der Waals surface area contributed by atoms with Crippen molar-refractivity contribution in [2.24, 2.45) is 13.0 Å². The fraction of sp³-hybridized carbons (Fsp3) is 0.375. The molecule has 0 aromatic carbocycles. The summed E-state index contributed by atoms with van der Waals surface area (Å²) < 4.78 is 7.12. The number of carboxylic acid groups (broad SMARTS) is 1. The summed E-state index contributed by atoms with van der Waals surface area (Å²) in [5, 5.41) is 21.0. The minimum Gasteiger partial charge on any atom is -0.490 e. The van der Waals surface area contributed by atoms with E-state index in [2.05, 4.69) is 4.98 Å². The van der Waals surface area contributed by atoms with Crippen LogP contribution in [0.3, 0.4) is 0 Å². The number of nitro groups is 1. The van der Waals surface area contributed by atoms with E-state index in [1.807, 2.05) is 26.2 Å². The number of carbonyl (C=O) groups is 1. The minimum absolute atomic E-state index is 0.0561. The van der Waals surface area contributed by atoms with Crippen LogP contribution in [0.4, 0.5) is 10.5 Å². The van der Waals surface area contributed by atoms with Crippen molar-refractivity contribution in [1.29, 1.82) is 0 Å². The second-order valence-electron chi connectivity index (χ2n) is 6.03. The third-order valence-electron chi connectivity index (χ3n) is 4.46. The number of aromatic nitrogens is 2. The Balaban J connectivity index is 2.22. The highest BCUT2D eigenvalue weighted by molar-refractivity contribution is 5.98. The van der Waals surface area contributed by atoms with Gasteiger partial charge in [0.05, 0.1) is 17.4 Å². The largest absolute Gasteiger partial charge is 0.490 e. The summed E-state index contributed by atoms with van der Waals surface area (Å²) in [5.74, 6) is 0.110. The number of aryl methyl sites for hydroxylation is 1. The van der Waals surface area contributed by atoms with Gasteiger partial charge in [-0.15, -0.1) is 0 Å². The first-order valence-electron chi connectivity index (χ1n) is 7.69. The van der Waals surface area contributed by atoms with Gasteiger partial charge in [-0.2, -0.15) is 0 Å². The number of amides is 1. The Morgan fingerprint density at radius 3 is 2.80 bits per heavy atom. The molecule has 0 spiro atoms. The standard InChI is InChI=1S/C16H18N4O5/c1-9-7-19(16(21)22)5-4-10(9)11-8-18(2)15-13(11)14(25-3)12(6-17-15)20(23)24/h4,6,8-9H,5,7H2,1-3H3,(H,21,22). The van der Waals surface area contributed by atoms with E-state index >= 15 is 0 Å². The van der Waals surface area contributed by atoms with Crippen molar-refractivity contribution in [2.75, 3.05) is 20.2 Å². The van der Waals surface area contributed by atoms with Crippen LogP contribution in [0, 0.1) is 16.0 Å². The molecule has 1 amide bonds. The Morgan fingerprint density at radius 2 is 2.24 bits per heavy atom. The van der Waals surface area contributed by atoms with Crippen LogP contribution in [0.2, 0.25) is 0 Å². The summed E-state index contributed by atoms with van der Waals surface area (Å²) >= 11 is 0. The summed E-state index contributed by atoms with van der Waals surface area (Å²) in [6.45, 7) is 2.56. The summed E-state index contributed by atoms with van der Waals surface area (Å²) in [4.78, 5) is 27.5. The summed E-state index contributed by atoms with van der Waals surface area (Å²) in [5.41, 5.74) is 2.09. The summed E-state index contributed by atoms with van der Waals surface area (Å²) in [6.07, 6.45) is 3.92. The van der Waals surface area contributed by atoms with E-state index in [9.17, 15) is 14.9 Å². The predicted octanol–water partition coefficient (Wildman–Crippen LogP) is 2.50. The Kier molecular flexibility index (Phi) is 4.07. The lowest BCUT2D eigenvalue weighted by molar-refractivity contribution is -0.385. The molecule has 1 aliphatic rings. The lowest BCUT2D eigenvalue weighted by Gasteiger charge is -2.29. The maximum atomic E-state index is 11.3. The molecule has 1 N–H and O–H groups in total. The van der Waals surface area contributed by atoms with Crippen molar-refractivity contribution in [3.05, 3.63) is 34.1 Å². The molecule has 1 aliphatic heterocycles. The van der Waals surface area contributed by atoms with Gasteiger partial charge in [-0.1, -0.05) is 13.0 Å². The van der Waals surface area contributed by atoms with Crippen molar-refractivity contribution < 1.29 is 19.6 Å². The van der Waals surface area contributed by atoms with Crippen LogP contribution in [-0.4, -0.2) is 50.8 Å². The number of ether oxygens (including phenoxy) is 1. The van der Waals surface area contributed by atoms with Crippen LogP contribution < -0.4 is 4.74 Å². The zero-order chi connectivity index (χ0) is 18.3. The first-order chi connectivity index (χ1) is 11.8. The molecular formula is C16H18N4O5. The predicted molar refractivity (Wildman–Crippen MR) is 90.7 cm³/mol. The topological polar surface area (TPSA) is 111 Å². The van der Waals surface area contributed by atoms with Crippen molar-refractivity contribution in [1.82, 2.24) is 14.5 Å². The highest BCUT2D eigenvalue weighted by Crippen LogP contribution is 2.41. The van der Waals surface area contributed by atoms with Gasteiger partial charge in [0.25, 0.3) is 0 Å². The van der Waals surface area contributed by atoms with E-state index in [4.69, 9.17) is 9.84 Å². The molecule has 3 heterocycles. The lowest BCUT2D eigenvalue weighted by Crippen LogP contribution is -2.37. The molecule has 2 aromatic rings. The average Bonchev–Trinajstić information content (AvgIpc) is 2.90. The molecule has 132 valence electrons. The first-order valence-corrected chi connectivity index (χ1v) is 7.69. The number of pyridine rings is 1. The van der Waals surface area contributed by atoms with E-state index in [0.29, 0.717) is 17.6 Å². The molecule has 9 heteroatoms. The average molecular weight is 346 g/mol. The Bertz CT molecular complexity index is 902. The number of hydrogen-bond acceptors (Lipinski definition) is 5. The van der Waals surface area contributed by atoms with Gasteiger partial charge in [-0.05, 0) is 11.5 Å². The van der Waals surface area contributed by atoms with E-state index < -0.39 is 11.0 Å². The van der Waals surface area contributed by atoms with Crippen molar-refractivity contribution >= 4 is 28.4 Å². The van der Waals surface area contributed by atoms with Crippen molar-refractivity contribution in [2.45, 2.75) is 6.92 Å². The van der Waals surface area contributed by atoms with E-state index in [1.54, 1.807) is 4.57 Å². The van der Waals surface area contributed by atoms with Gasteiger partial charge in [-0.25, -0.2) is 9.78 Å². The third-order valence-corrected chi connectivity index (χ3v) is 4.46. The smallest absolute Gasteiger partial charge is 0.407 e. The molecule has 1 unspecified atom stereocenters. The van der Waals surface area contributed by atoms with E-state index in [1.165, 1.54) is 18.2 Å². The fourth-order valence-corrected chi connectivity index (χ4v) is 3.30. The number of nitrogens with zero attached hydrogens (tertiary/aromatic N) is 4. The van der Waals surface area contributed by atoms with Gasteiger partial charge in [0.15, 0.2) is 0 Å². The molecule has 0 bridgehead atoms. The maximum absolute atomic E-state index is 11.3. The molecule has 0 radical (unpaired) electrons. The van der Waals surface area contributed by atoms with E-state index in [0.717, 1.165) is 11.1 Å². The van der Waals surface area contributed by atoms with Crippen LogP contribution >= 0.6 is 0 Å². The first kappa shape index (κ1) is 16.7. The van der Waals surface area contributed by atoms with Crippen molar-refractivity contribution in [3.63, 3.8) is 0 Å². The van der Waals surface area contributed by atoms with Crippen LogP contribution in [-0.2, 0) is 7.05 Å². The lowest BCUT2D eigenvalue weighted by atomic mass is 9.90. The Hall–Kier alpha value is -3.10. The molecule has 9 nitrogen and oxygen atoms in total. The number of rotatable bonds is 3. The monoisotopic (exact) mass is 346 g/mol. The molecule has 25 heavy (non-hydrogen) atoms. The van der Waals surface area contributed by atoms with Crippen LogP contribution in [0.25, 0.3) is 16.6 Å². The third kappa shape index (κ3) is 2.67. The maximum Gasteiger partial charge on any atom is 0.407 e. The zero-order valence-electron chi connectivity index (χ0n) is 14.1. The van der Waals surface area contributed by atoms with Gasteiger partial charge in [0, 0.05) is 31.9 Å². The van der Waals surface area contributed by atoms with Gasteiger partial charge in [0.1, 0.15) is 11.8 Å². The second-order valence-corrected chi connectivity index (χ2v) is 6.03. The van der Waals surface area contributed by atoms with Gasteiger partial charge >= 0.3 is 11.8 Å². The quantitative estimate of drug-likeness (QED) is 0.675.